The molecule has 1 rings (SSSR count). The largest absolute Gasteiger partial charge is 0.382 e. The van der Waals surface area contributed by atoms with Gasteiger partial charge in [-0.25, -0.2) is 12.7 Å². The van der Waals surface area contributed by atoms with E-state index in [1.807, 2.05) is 6.07 Å². The number of hydrogen-bond donors (Lipinski definition) is 1. The van der Waals surface area contributed by atoms with Gasteiger partial charge in [0.2, 0.25) is 10.0 Å². The molecule has 0 aliphatic rings. The van der Waals surface area contributed by atoms with Crippen molar-refractivity contribution in [3.8, 4) is 0 Å². The fraction of sp³-hybridized carbons (Fsp3) is 0.600. The van der Waals surface area contributed by atoms with E-state index in [2.05, 4.69) is 19.2 Å². The van der Waals surface area contributed by atoms with Gasteiger partial charge in [-0.15, -0.1) is 0 Å². The van der Waals surface area contributed by atoms with Crippen molar-refractivity contribution in [1.82, 2.24) is 4.31 Å². The van der Waals surface area contributed by atoms with Crippen molar-refractivity contribution in [2.75, 3.05) is 19.4 Å². The Kier molecular flexibility index (Phi) is 6.49. The molecule has 0 heterocycles. The number of hydrogen-bond acceptors (Lipinski definition) is 3. The van der Waals surface area contributed by atoms with Crippen molar-refractivity contribution in [2.24, 2.45) is 0 Å². The number of benzene rings is 1. The molecular weight excluding hydrogens is 272 g/mol. The lowest BCUT2D eigenvalue weighted by Crippen LogP contribution is -2.23. The van der Waals surface area contributed by atoms with E-state index in [9.17, 15) is 8.42 Å². The highest BCUT2D eigenvalue weighted by Gasteiger charge is 2.17. The molecule has 0 spiro atoms. The predicted molar refractivity (Wildman–Crippen MR) is 84.5 cm³/mol. The summed E-state index contributed by atoms with van der Waals surface area (Å²) in [6, 6.07) is 7.44. The maximum atomic E-state index is 12.1. The van der Waals surface area contributed by atoms with Crippen LogP contribution in [-0.4, -0.2) is 32.9 Å². The van der Waals surface area contributed by atoms with Crippen LogP contribution in [0, 0.1) is 0 Å². The van der Waals surface area contributed by atoms with Gasteiger partial charge in [0.15, 0.2) is 0 Å². The SMILES string of the molecule is CCCCC(CC)Nc1cccc(S(=O)(=O)N(C)C)c1. The minimum absolute atomic E-state index is 0.331. The highest BCUT2D eigenvalue weighted by Crippen LogP contribution is 2.20. The van der Waals surface area contributed by atoms with Crippen LogP contribution in [0.5, 0.6) is 0 Å². The third kappa shape index (κ3) is 4.49. The van der Waals surface area contributed by atoms with Gasteiger partial charge in [-0.05, 0) is 31.0 Å². The molecule has 0 saturated carbocycles. The lowest BCUT2D eigenvalue weighted by molar-refractivity contribution is 0.520. The Morgan fingerprint density at radius 1 is 1.25 bits per heavy atom. The zero-order valence-electron chi connectivity index (χ0n) is 12.9. The standard InChI is InChI=1S/C15H26N2O2S/c1-5-7-9-13(6-2)16-14-10-8-11-15(12-14)20(18,19)17(3)4/h8,10-13,16H,5-7,9H2,1-4H3. The highest BCUT2D eigenvalue weighted by molar-refractivity contribution is 7.89. The predicted octanol–water partition coefficient (Wildman–Crippen LogP) is 3.32. The Hall–Kier alpha value is -1.07. The van der Waals surface area contributed by atoms with E-state index in [-0.39, 0.29) is 0 Å². The van der Waals surface area contributed by atoms with Crippen molar-refractivity contribution in [3.05, 3.63) is 24.3 Å². The average Bonchev–Trinajstić information content (AvgIpc) is 2.43. The van der Waals surface area contributed by atoms with Gasteiger partial charge >= 0.3 is 0 Å². The number of nitrogens with one attached hydrogen (secondary N) is 1. The van der Waals surface area contributed by atoms with Crippen LogP contribution in [0.25, 0.3) is 0 Å². The first-order valence-corrected chi connectivity index (χ1v) is 8.65. The number of anilines is 1. The van der Waals surface area contributed by atoms with Gasteiger partial charge in [0, 0.05) is 25.8 Å². The zero-order chi connectivity index (χ0) is 15.2. The normalized spacial score (nSPS) is 13.4. The van der Waals surface area contributed by atoms with E-state index in [4.69, 9.17) is 0 Å². The van der Waals surface area contributed by atoms with Crippen LogP contribution in [0.4, 0.5) is 5.69 Å². The molecule has 1 unspecified atom stereocenters. The van der Waals surface area contributed by atoms with Gasteiger partial charge < -0.3 is 5.32 Å². The molecular formula is C15H26N2O2S. The van der Waals surface area contributed by atoms with Gasteiger partial charge in [0.25, 0.3) is 0 Å². The molecule has 4 nitrogen and oxygen atoms in total. The first kappa shape index (κ1) is 17.0. The smallest absolute Gasteiger partial charge is 0.242 e. The minimum Gasteiger partial charge on any atom is -0.382 e. The Morgan fingerprint density at radius 2 is 1.95 bits per heavy atom. The fourth-order valence-corrected chi connectivity index (χ4v) is 2.97. The summed E-state index contributed by atoms with van der Waals surface area (Å²) in [7, 11) is -0.271. The van der Waals surface area contributed by atoms with Gasteiger partial charge in [0.1, 0.15) is 0 Å². The Balaban J connectivity index is 2.88. The van der Waals surface area contributed by atoms with Crippen molar-refractivity contribution < 1.29 is 8.42 Å². The third-order valence-corrected chi connectivity index (χ3v) is 5.19. The van der Waals surface area contributed by atoms with E-state index >= 15 is 0 Å². The second-order valence-corrected chi connectivity index (χ2v) is 7.36. The average molecular weight is 298 g/mol. The van der Waals surface area contributed by atoms with Crippen molar-refractivity contribution in [3.63, 3.8) is 0 Å². The van der Waals surface area contributed by atoms with Crippen molar-refractivity contribution >= 4 is 15.7 Å². The molecule has 114 valence electrons. The Labute approximate surface area is 123 Å². The van der Waals surface area contributed by atoms with Gasteiger partial charge in [-0.2, -0.15) is 0 Å². The number of rotatable bonds is 8. The quantitative estimate of drug-likeness (QED) is 0.801. The maximum absolute atomic E-state index is 12.1. The molecule has 20 heavy (non-hydrogen) atoms. The molecule has 0 fully saturated rings. The summed E-state index contributed by atoms with van der Waals surface area (Å²) in [5, 5.41) is 3.43. The number of nitrogens with zero attached hydrogens (tertiary/aromatic N) is 1. The molecule has 1 N–H and O–H groups in total. The molecule has 0 aliphatic carbocycles. The van der Waals surface area contributed by atoms with Gasteiger partial charge in [0.05, 0.1) is 4.90 Å². The lowest BCUT2D eigenvalue weighted by atomic mass is 10.1. The number of sulfonamides is 1. The molecule has 0 saturated heterocycles. The number of unbranched alkanes of at least 4 members (excludes halogenated alkanes) is 1. The van der Waals surface area contributed by atoms with Crippen LogP contribution < -0.4 is 5.32 Å². The van der Waals surface area contributed by atoms with E-state index < -0.39 is 10.0 Å². The van der Waals surface area contributed by atoms with Gasteiger partial charge in [-0.1, -0.05) is 32.8 Å². The molecule has 0 amide bonds. The Bertz CT molecular complexity index is 512. The summed E-state index contributed by atoms with van der Waals surface area (Å²) < 4.78 is 25.5. The second-order valence-electron chi connectivity index (χ2n) is 5.21. The van der Waals surface area contributed by atoms with E-state index in [0.717, 1.165) is 18.5 Å². The molecule has 1 atom stereocenters. The van der Waals surface area contributed by atoms with Crippen LogP contribution in [0.3, 0.4) is 0 Å². The first-order valence-electron chi connectivity index (χ1n) is 7.21. The summed E-state index contributed by atoms with van der Waals surface area (Å²) in [6.45, 7) is 4.32. The zero-order valence-corrected chi connectivity index (χ0v) is 13.7. The summed E-state index contributed by atoms with van der Waals surface area (Å²) >= 11 is 0. The lowest BCUT2D eigenvalue weighted by Gasteiger charge is -2.19. The third-order valence-electron chi connectivity index (χ3n) is 3.38. The topological polar surface area (TPSA) is 49.4 Å². The second kappa shape index (κ2) is 7.64. The van der Waals surface area contributed by atoms with Crippen LogP contribution in [0.2, 0.25) is 0 Å². The summed E-state index contributed by atoms with van der Waals surface area (Å²) in [5.74, 6) is 0. The molecule has 0 aromatic heterocycles. The molecule has 0 radical (unpaired) electrons. The maximum Gasteiger partial charge on any atom is 0.242 e. The minimum atomic E-state index is -3.37. The molecule has 5 heteroatoms. The Morgan fingerprint density at radius 3 is 2.50 bits per heavy atom. The summed E-state index contributed by atoms with van der Waals surface area (Å²) in [6.07, 6.45) is 4.50. The van der Waals surface area contributed by atoms with Crippen molar-refractivity contribution in [2.45, 2.75) is 50.5 Å². The molecule has 0 aliphatic heterocycles. The summed E-state index contributed by atoms with van der Waals surface area (Å²) in [4.78, 5) is 0.331. The molecule has 1 aromatic carbocycles. The van der Waals surface area contributed by atoms with Crippen LogP contribution in [0.15, 0.2) is 29.2 Å². The van der Waals surface area contributed by atoms with Crippen LogP contribution in [0.1, 0.15) is 39.5 Å². The van der Waals surface area contributed by atoms with E-state index in [1.54, 1.807) is 32.3 Å². The van der Waals surface area contributed by atoms with Crippen LogP contribution in [-0.2, 0) is 10.0 Å². The van der Waals surface area contributed by atoms with Crippen molar-refractivity contribution in [1.29, 1.82) is 0 Å². The first-order chi connectivity index (χ1) is 9.41. The monoisotopic (exact) mass is 298 g/mol. The van der Waals surface area contributed by atoms with E-state index in [1.165, 1.54) is 17.1 Å². The van der Waals surface area contributed by atoms with Crippen LogP contribution >= 0.6 is 0 Å². The van der Waals surface area contributed by atoms with Gasteiger partial charge in [-0.3, -0.25) is 0 Å². The fourth-order valence-electron chi connectivity index (χ4n) is 2.02. The summed E-state index contributed by atoms with van der Waals surface area (Å²) in [5.41, 5.74) is 0.871. The molecule has 0 bridgehead atoms. The van der Waals surface area contributed by atoms with E-state index in [0.29, 0.717) is 10.9 Å². The molecule has 1 aromatic rings. The highest BCUT2D eigenvalue weighted by atomic mass is 32.2.